The van der Waals surface area contributed by atoms with Gasteiger partial charge in [0.2, 0.25) is 5.95 Å². The zero-order valence-electron chi connectivity index (χ0n) is 30.5. The SMILES string of the molecule is CC(C)(C)c1ccc(-n2c(-n3c4[c-]c(-[n+]5[c-]n(-c6ccccc6O)c6ccccc65)ccc4c4ccccc43)nc3ccccc32)c(-c2ccccc2)c1.[Pt+2]. The van der Waals surface area contributed by atoms with Gasteiger partial charge in [-0.3, -0.25) is 9.13 Å². The summed E-state index contributed by atoms with van der Waals surface area (Å²) < 4.78 is 8.48. The Hall–Kier alpha value is -6.23. The Bertz CT molecular complexity index is 3060. The number of phenols is 1. The molecule has 0 unspecified atom stereocenters. The summed E-state index contributed by atoms with van der Waals surface area (Å²) in [5.41, 5.74) is 11.8. The van der Waals surface area contributed by atoms with Gasteiger partial charge in [0.25, 0.3) is 6.33 Å². The van der Waals surface area contributed by atoms with Crippen molar-refractivity contribution in [3.8, 4) is 39.9 Å². The summed E-state index contributed by atoms with van der Waals surface area (Å²) in [4.78, 5) is 5.40. The number of para-hydroxylation sites is 7. The molecule has 10 rings (SSSR count). The van der Waals surface area contributed by atoms with Gasteiger partial charge < -0.3 is 14.2 Å². The Balaban J connectivity index is 0.00000397. The Morgan fingerprint density at radius 1 is 0.618 bits per heavy atom. The molecule has 6 nitrogen and oxygen atoms in total. The van der Waals surface area contributed by atoms with E-state index in [0.717, 1.165) is 72.3 Å². The van der Waals surface area contributed by atoms with E-state index in [-0.39, 0.29) is 32.2 Å². The van der Waals surface area contributed by atoms with Crippen LogP contribution in [0.4, 0.5) is 0 Å². The second kappa shape index (κ2) is 13.3. The van der Waals surface area contributed by atoms with Crippen LogP contribution >= 0.6 is 0 Å². The van der Waals surface area contributed by atoms with E-state index in [4.69, 9.17) is 4.98 Å². The van der Waals surface area contributed by atoms with Gasteiger partial charge in [-0.1, -0.05) is 129 Å². The molecule has 10 aromatic rings. The van der Waals surface area contributed by atoms with Crippen molar-refractivity contribution in [3.05, 3.63) is 176 Å². The molecule has 0 fully saturated rings. The normalized spacial score (nSPS) is 11.8. The van der Waals surface area contributed by atoms with Gasteiger partial charge >= 0.3 is 21.1 Å². The van der Waals surface area contributed by atoms with Crippen molar-refractivity contribution in [2.45, 2.75) is 26.2 Å². The molecule has 7 heteroatoms. The average Bonchev–Trinajstić information content (AvgIpc) is 3.87. The fourth-order valence-corrected chi connectivity index (χ4v) is 7.74. The number of rotatable bonds is 5. The van der Waals surface area contributed by atoms with E-state index in [0.29, 0.717) is 5.69 Å². The second-order valence-corrected chi connectivity index (χ2v) is 14.8. The first-order valence-electron chi connectivity index (χ1n) is 18.2. The molecule has 3 aromatic heterocycles. The Kier molecular flexibility index (Phi) is 8.32. The molecule has 0 aliphatic carbocycles. The van der Waals surface area contributed by atoms with E-state index in [1.54, 1.807) is 6.07 Å². The molecule has 0 saturated heterocycles. The Morgan fingerprint density at radius 2 is 1.31 bits per heavy atom. The van der Waals surface area contributed by atoms with Gasteiger partial charge in [0, 0.05) is 11.1 Å². The number of hydrogen-bond acceptors (Lipinski definition) is 2. The quantitative estimate of drug-likeness (QED) is 0.138. The van der Waals surface area contributed by atoms with Crippen molar-refractivity contribution >= 4 is 43.9 Å². The summed E-state index contributed by atoms with van der Waals surface area (Å²) >= 11 is 0. The minimum atomic E-state index is -0.0306. The van der Waals surface area contributed by atoms with Gasteiger partial charge in [0.15, 0.2) is 0 Å². The first kappa shape index (κ1) is 34.5. The zero-order valence-corrected chi connectivity index (χ0v) is 32.8. The van der Waals surface area contributed by atoms with Crippen molar-refractivity contribution in [2.75, 3.05) is 0 Å². The molecule has 7 aromatic carbocycles. The second-order valence-electron chi connectivity index (χ2n) is 14.8. The molecule has 0 radical (unpaired) electrons. The average molecular weight is 894 g/mol. The van der Waals surface area contributed by atoms with Crippen LogP contribution in [-0.4, -0.2) is 23.8 Å². The topological polar surface area (TPSA) is 51.8 Å². The van der Waals surface area contributed by atoms with E-state index < -0.39 is 0 Å². The Labute approximate surface area is 333 Å². The molecular formula is C48H36N5OPt+. The number of imidazole rings is 2. The van der Waals surface area contributed by atoms with Gasteiger partial charge in [-0.25, -0.2) is 4.98 Å². The number of nitrogens with zero attached hydrogens (tertiary/aromatic N) is 5. The van der Waals surface area contributed by atoms with Crippen LogP contribution in [0.15, 0.2) is 158 Å². The summed E-state index contributed by atoms with van der Waals surface area (Å²) in [6, 6.07) is 58.0. The van der Waals surface area contributed by atoms with Crippen LogP contribution in [0.5, 0.6) is 5.75 Å². The maximum Gasteiger partial charge on any atom is 2.00 e. The van der Waals surface area contributed by atoms with Crippen LogP contribution in [0, 0.1) is 12.4 Å². The van der Waals surface area contributed by atoms with Gasteiger partial charge in [0.1, 0.15) is 11.4 Å². The van der Waals surface area contributed by atoms with Crippen molar-refractivity contribution < 1.29 is 30.7 Å². The van der Waals surface area contributed by atoms with Gasteiger partial charge in [-0.2, -0.15) is 12.1 Å². The van der Waals surface area contributed by atoms with Crippen molar-refractivity contribution in [2.24, 2.45) is 0 Å². The van der Waals surface area contributed by atoms with E-state index in [2.05, 4.69) is 151 Å². The van der Waals surface area contributed by atoms with Crippen LogP contribution in [-0.2, 0) is 26.5 Å². The summed E-state index contributed by atoms with van der Waals surface area (Å²) in [5, 5.41) is 13.0. The standard InChI is InChI=1S/C48H36N5O.Pt/c1-48(2,3)33-25-28-40(37(29-33)32-15-5-4-6-16-32)52-41-20-10-8-18-38(41)49-47(52)53-39-19-9-7-17-35(39)36-27-26-34(30-45(36)53)50-31-51(43-22-12-11-21-42(43)50)44-23-13-14-24-46(44)54;/h4-29,54H,1-3H3;/q-1;+2. The monoisotopic (exact) mass is 893 g/mol. The molecular weight excluding hydrogens is 858 g/mol. The first-order chi connectivity index (χ1) is 26.3. The number of hydrogen-bond donors (Lipinski definition) is 1. The van der Waals surface area contributed by atoms with Crippen molar-refractivity contribution in [1.29, 1.82) is 0 Å². The van der Waals surface area contributed by atoms with E-state index in [1.165, 1.54) is 5.56 Å². The largest absolute Gasteiger partial charge is 2.00 e. The predicted octanol–water partition coefficient (Wildman–Crippen LogP) is 10.6. The fraction of sp³-hybridized carbons (Fsp3) is 0.0833. The van der Waals surface area contributed by atoms with Crippen molar-refractivity contribution in [3.63, 3.8) is 0 Å². The molecule has 0 aliphatic rings. The van der Waals surface area contributed by atoms with Gasteiger partial charge in [-0.15, -0.1) is 11.5 Å². The van der Waals surface area contributed by atoms with Crippen LogP contribution in [0.1, 0.15) is 26.3 Å². The summed E-state index contributed by atoms with van der Waals surface area (Å²) in [6.07, 6.45) is 3.53. The third kappa shape index (κ3) is 5.59. The maximum absolute atomic E-state index is 10.8. The van der Waals surface area contributed by atoms with Crippen LogP contribution in [0.3, 0.4) is 0 Å². The number of phenolic OH excluding ortho intramolecular Hbond substituents is 1. The smallest absolute Gasteiger partial charge is 0.511 e. The molecule has 0 spiro atoms. The molecule has 0 atom stereocenters. The molecule has 0 saturated carbocycles. The summed E-state index contributed by atoms with van der Waals surface area (Å²) in [6.45, 7) is 6.78. The van der Waals surface area contributed by atoms with Crippen LogP contribution in [0.2, 0.25) is 0 Å². The van der Waals surface area contributed by atoms with E-state index in [1.807, 2.05) is 51.6 Å². The minimum Gasteiger partial charge on any atom is -0.511 e. The van der Waals surface area contributed by atoms with Gasteiger partial charge in [-0.05, 0) is 70.1 Å². The molecule has 0 bridgehead atoms. The van der Waals surface area contributed by atoms with Crippen molar-refractivity contribution in [1.82, 2.24) is 18.7 Å². The molecule has 268 valence electrons. The molecule has 0 amide bonds. The number of aromatic nitrogens is 5. The van der Waals surface area contributed by atoms with Crippen LogP contribution < -0.4 is 4.57 Å². The summed E-state index contributed by atoms with van der Waals surface area (Å²) in [7, 11) is 0. The number of aromatic hydroxyl groups is 1. The van der Waals surface area contributed by atoms with Gasteiger partial charge in [0.05, 0.1) is 27.8 Å². The third-order valence-corrected chi connectivity index (χ3v) is 10.4. The minimum absolute atomic E-state index is 0. The molecule has 3 heterocycles. The van der Waals surface area contributed by atoms with E-state index in [9.17, 15) is 5.11 Å². The number of benzene rings is 7. The summed E-state index contributed by atoms with van der Waals surface area (Å²) in [5.74, 6) is 0.965. The first-order valence-corrected chi connectivity index (χ1v) is 18.2. The third-order valence-electron chi connectivity index (χ3n) is 10.4. The molecule has 1 N–H and O–H groups in total. The fourth-order valence-electron chi connectivity index (χ4n) is 7.74. The molecule has 55 heavy (non-hydrogen) atoms. The Morgan fingerprint density at radius 3 is 2.11 bits per heavy atom. The maximum atomic E-state index is 10.8. The predicted molar refractivity (Wildman–Crippen MR) is 217 cm³/mol. The van der Waals surface area contributed by atoms with Crippen LogP contribution in [0.25, 0.3) is 78.0 Å². The van der Waals surface area contributed by atoms with E-state index >= 15 is 0 Å². The molecule has 0 aliphatic heterocycles. The zero-order chi connectivity index (χ0) is 36.6. The number of fused-ring (bicyclic) bond motifs is 5.